The molecule has 0 aromatic heterocycles. The number of ether oxygens (including phenoxy) is 1. The van der Waals surface area contributed by atoms with E-state index in [9.17, 15) is 4.39 Å². The van der Waals surface area contributed by atoms with Gasteiger partial charge in [-0.2, -0.15) is 0 Å². The minimum absolute atomic E-state index is 0.187. The number of hydrogen-bond donors (Lipinski definition) is 1. The second-order valence-electron chi connectivity index (χ2n) is 5.87. The highest BCUT2D eigenvalue weighted by molar-refractivity contribution is 5.28. The summed E-state index contributed by atoms with van der Waals surface area (Å²) < 4.78 is 19.2. The topological polar surface area (TPSA) is 38.5 Å². The number of nitrogens with zero attached hydrogens (tertiary/aromatic N) is 1. The molecule has 0 bridgehead atoms. The Morgan fingerprint density at radius 2 is 2.10 bits per heavy atom. The largest absolute Gasteiger partial charge is 0.497 e. The molecule has 1 aliphatic carbocycles. The molecule has 1 aromatic rings. The van der Waals surface area contributed by atoms with Crippen molar-refractivity contribution in [2.45, 2.75) is 45.2 Å². The first kappa shape index (κ1) is 16.2. The molecule has 0 aliphatic heterocycles. The average Bonchev–Trinajstić information content (AvgIpc) is 2.53. The summed E-state index contributed by atoms with van der Waals surface area (Å²) in [5.74, 6) is 0.921. The van der Waals surface area contributed by atoms with Gasteiger partial charge in [0.1, 0.15) is 11.6 Å². The molecule has 2 atom stereocenters. The summed E-state index contributed by atoms with van der Waals surface area (Å²) >= 11 is 0. The van der Waals surface area contributed by atoms with Gasteiger partial charge in [-0.15, -0.1) is 0 Å². The number of benzene rings is 1. The first-order valence-corrected chi connectivity index (χ1v) is 7.96. The lowest BCUT2D eigenvalue weighted by atomic mass is 9.83. The van der Waals surface area contributed by atoms with Gasteiger partial charge in [0, 0.05) is 24.2 Å². The minimum atomic E-state index is -0.187. The predicted molar refractivity (Wildman–Crippen MR) is 83.8 cm³/mol. The third-order valence-electron chi connectivity index (χ3n) is 4.68. The Kier molecular flexibility index (Phi) is 6.00. The second-order valence-corrected chi connectivity index (χ2v) is 5.87. The van der Waals surface area contributed by atoms with Crippen molar-refractivity contribution in [2.24, 2.45) is 11.7 Å². The van der Waals surface area contributed by atoms with E-state index in [1.807, 2.05) is 12.1 Å². The van der Waals surface area contributed by atoms with Crippen LogP contribution in [0.1, 0.15) is 38.2 Å². The Bertz CT molecular complexity index is 452. The Labute approximate surface area is 127 Å². The van der Waals surface area contributed by atoms with Crippen LogP contribution in [-0.2, 0) is 6.54 Å². The maximum atomic E-state index is 14.1. The highest BCUT2D eigenvalue weighted by Crippen LogP contribution is 2.29. The van der Waals surface area contributed by atoms with Gasteiger partial charge < -0.3 is 10.5 Å². The number of rotatable bonds is 6. The van der Waals surface area contributed by atoms with Crippen LogP contribution in [0.4, 0.5) is 4.39 Å². The van der Waals surface area contributed by atoms with Crippen molar-refractivity contribution in [2.75, 3.05) is 20.2 Å². The van der Waals surface area contributed by atoms with Crippen LogP contribution in [0.5, 0.6) is 5.75 Å². The lowest BCUT2D eigenvalue weighted by molar-refractivity contribution is 0.104. The molecule has 0 spiro atoms. The fourth-order valence-corrected chi connectivity index (χ4v) is 3.41. The van der Waals surface area contributed by atoms with E-state index >= 15 is 0 Å². The fraction of sp³-hybridized carbons (Fsp3) is 0.647. The molecular formula is C17H27FN2O. The van der Waals surface area contributed by atoms with E-state index in [2.05, 4.69) is 11.8 Å². The first-order valence-electron chi connectivity index (χ1n) is 7.96. The summed E-state index contributed by atoms with van der Waals surface area (Å²) in [6, 6.07) is 5.60. The summed E-state index contributed by atoms with van der Waals surface area (Å²) in [7, 11) is 1.56. The van der Waals surface area contributed by atoms with Crippen molar-refractivity contribution in [1.82, 2.24) is 4.90 Å². The first-order chi connectivity index (χ1) is 10.2. The molecule has 118 valence electrons. The van der Waals surface area contributed by atoms with Crippen molar-refractivity contribution in [3.05, 3.63) is 29.6 Å². The van der Waals surface area contributed by atoms with Crippen molar-refractivity contribution in [1.29, 1.82) is 0 Å². The van der Waals surface area contributed by atoms with Crippen LogP contribution in [-0.4, -0.2) is 31.1 Å². The van der Waals surface area contributed by atoms with Gasteiger partial charge in [0.05, 0.1) is 7.11 Å². The number of hydrogen-bond acceptors (Lipinski definition) is 3. The Hall–Kier alpha value is -1.13. The molecule has 3 nitrogen and oxygen atoms in total. The summed E-state index contributed by atoms with van der Waals surface area (Å²) in [6.07, 6.45) is 4.89. The van der Waals surface area contributed by atoms with Crippen LogP contribution < -0.4 is 10.5 Å². The van der Waals surface area contributed by atoms with Crippen molar-refractivity contribution >= 4 is 0 Å². The maximum Gasteiger partial charge on any atom is 0.131 e. The molecule has 1 saturated carbocycles. The molecule has 2 unspecified atom stereocenters. The van der Waals surface area contributed by atoms with Crippen LogP contribution in [0.2, 0.25) is 0 Å². The molecule has 1 aliphatic rings. The van der Waals surface area contributed by atoms with E-state index in [0.29, 0.717) is 24.3 Å². The molecule has 0 amide bonds. The molecule has 21 heavy (non-hydrogen) atoms. The summed E-state index contributed by atoms with van der Waals surface area (Å²) in [6.45, 7) is 4.44. The minimum Gasteiger partial charge on any atom is -0.497 e. The quantitative estimate of drug-likeness (QED) is 0.876. The van der Waals surface area contributed by atoms with E-state index in [4.69, 9.17) is 10.5 Å². The zero-order chi connectivity index (χ0) is 15.2. The number of nitrogens with two attached hydrogens (primary N) is 1. The van der Waals surface area contributed by atoms with E-state index in [-0.39, 0.29) is 5.82 Å². The smallest absolute Gasteiger partial charge is 0.131 e. The van der Waals surface area contributed by atoms with E-state index in [1.54, 1.807) is 7.11 Å². The van der Waals surface area contributed by atoms with Gasteiger partial charge in [0.15, 0.2) is 0 Å². The zero-order valence-electron chi connectivity index (χ0n) is 13.1. The summed E-state index contributed by atoms with van der Waals surface area (Å²) in [5, 5.41) is 0. The third-order valence-corrected chi connectivity index (χ3v) is 4.68. The predicted octanol–water partition coefficient (Wildman–Crippen LogP) is 3.17. The fourth-order valence-electron chi connectivity index (χ4n) is 3.41. The van der Waals surface area contributed by atoms with Crippen LogP contribution >= 0.6 is 0 Å². The normalized spacial score (nSPS) is 22.5. The van der Waals surface area contributed by atoms with Crippen LogP contribution in [0.15, 0.2) is 18.2 Å². The van der Waals surface area contributed by atoms with Crippen LogP contribution in [0.3, 0.4) is 0 Å². The SMILES string of the molecule is CCN(Cc1ccc(OC)cc1F)C1CCCCC1CN. The zero-order valence-corrected chi connectivity index (χ0v) is 13.1. The lowest BCUT2D eigenvalue weighted by Gasteiger charge is -2.39. The van der Waals surface area contributed by atoms with E-state index in [0.717, 1.165) is 18.7 Å². The second kappa shape index (κ2) is 7.76. The molecule has 4 heteroatoms. The van der Waals surface area contributed by atoms with Crippen molar-refractivity contribution < 1.29 is 9.13 Å². The van der Waals surface area contributed by atoms with Crippen LogP contribution in [0, 0.1) is 11.7 Å². The van der Waals surface area contributed by atoms with Crippen molar-refractivity contribution in [3.63, 3.8) is 0 Å². The molecule has 0 heterocycles. The Balaban J connectivity index is 2.11. The highest BCUT2D eigenvalue weighted by Gasteiger charge is 2.28. The van der Waals surface area contributed by atoms with Gasteiger partial charge in [-0.1, -0.05) is 25.8 Å². The van der Waals surface area contributed by atoms with Gasteiger partial charge in [-0.25, -0.2) is 4.39 Å². The standard InChI is InChI=1S/C17H27FN2O/c1-3-20(17-7-5-4-6-13(17)11-19)12-14-8-9-15(21-2)10-16(14)18/h8-10,13,17H,3-7,11-12,19H2,1-2H3. The lowest BCUT2D eigenvalue weighted by Crippen LogP contribution is -2.44. The van der Waals surface area contributed by atoms with E-state index in [1.165, 1.54) is 31.7 Å². The molecule has 2 rings (SSSR count). The summed E-state index contributed by atoms with van der Waals surface area (Å²) in [4.78, 5) is 2.38. The van der Waals surface area contributed by atoms with Gasteiger partial charge in [0.25, 0.3) is 0 Å². The molecule has 1 aromatic carbocycles. The van der Waals surface area contributed by atoms with Crippen molar-refractivity contribution in [3.8, 4) is 5.75 Å². The van der Waals surface area contributed by atoms with E-state index < -0.39 is 0 Å². The third kappa shape index (κ3) is 3.95. The van der Waals surface area contributed by atoms with Gasteiger partial charge in [-0.05, 0) is 37.9 Å². The number of methoxy groups -OCH3 is 1. The maximum absolute atomic E-state index is 14.1. The molecule has 1 fully saturated rings. The number of halogens is 1. The molecule has 2 N–H and O–H groups in total. The Morgan fingerprint density at radius 3 is 2.71 bits per heavy atom. The molecular weight excluding hydrogens is 267 g/mol. The van der Waals surface area contributed by atoms with Gasteiger partial charge >= 0.3 is 0 Å². The molecule has 0 saturated heterocycles. The highest BCUT2D eigenvalue weighted by atomic mass is 19.1. The summed E-state index contributed by atoms with van der Waals surface area (Å²) in [5.41, 5.74) is 6.67. The average molecular weight is 294 g/mol. The molecule has 0 radical (unpaired) electrons. The van der Waals surface area contributed by atoms with Crippen LogP contribution in [0.25, 0.3) is 0 Å². The van der Waals surface area contributed by atoms with Gasteiger partial charge in [-0.3, -0.25) is 4.90 Å². The van der Waals surface area contributed by atoms with Gasteiger partial charge in [0.2, 0.25) is 0 Å². The Morgan fingerprint density at radius 1 is 1.33 bits per heavy atom. The monoisotopic (exact) mass is 294 g/mol.